The fraction of sp³-hybridized carbons (Fsp3) is 0.600. The van der Waals surface area contributed by atoms with E-state index in [0.29, 0.717) is 30.6 Å². The molecule has 0 heterocycles. The molecule has 1 atom stereocenters. The first-order valence-electron chi connectivity index (χ1n) is 6.61. The Hall–Kier alpha value is -1.26. The summed E-state index contributed by atoms with van der Waals surface area (Å²) in [6, 6.07) is 5.41. The molecule has 0 radical (unpaired) electrons. The van der Waals surface area contributed by atoms with Crippen molar-refractivity contribution in [3.8, 4) is 11.5 Å². The molecule has 0 bridgehead atoms. The summed E-state index contributed by atoms with van der Waals surface area (Å²) >= 11 is 0. The van der Waals surface area contributed by atoms with Crippen molar-refractivity contribution in [2.24, 2.45) is 5.92 Å². The van der Waals surface area contributed by atoms with Gasteiger partial charge in [-0.15, -0.1) is 0 Å². The second-order valence-electron chi connectivity index (χ2n) is 4.90. The molecule has 1 N–H and O–H groups in total. The summed E-state index contributed by atoms with van der Waals surface area (Å²) in [5, 5.41) is 9.69. The summed E-state index contributed by atoms with van der Waals surface area (Å²) < 4.78 is 16.3. The molecule has 4 heteroatoms. The van der Waals surface area contributed by atoms with Crippen LogP contribution in [-0.2, 0) is 4.74 Å². The zero-order valence-corrected chi connectivity index (χ0v) is 12.2. The number of rotatable bonds is 8. The normalized spacial score (nSPS) is 12.5. The van der Waals surface area contributed by atoms with E-state index in [-0.39, 0.29) is 0 Å². The van der Waals surface area contributed by atoms with Crippen LogP contribution in [0, 0.1) is 5.92 Å². The molecule has 0 aliphatic heterocycles. The van der Waals surface area contributed by atoms with Gasteiger partial charge in [0.15, 0.2) is 0 Å². The van der Waals surface area contributed by atoms with Gasteiger partial charge >= 0.3 is 0 Å². The van der Waals surface area contributed by atoms with Gasteiger partial charge in [-0.1, -0.05) is 13.8 Å². The summed E-state index contributed by atoms with van der Waals surface area (Å²) in [7, 11) is 1.60. The minimum atomic E-state index is -0.572. The first-order valence-corrected chi connectivity index (χ1v) is 6.61. The van der Waals surface area contributed by atoms with Gasteiger partial charge in [0.05, 0.1) is 19.8 Å². The van der Waals surface area contributed by atoms with Crippen molar-refractivity contribution in [3.63, 3.8) is 0 Å². The molecule has 4 nitrogen and oxygen atoms in total. The summed E-state index contributed by atoms with van der Waals surface area (Å²) in [6.45, 7) is 7.64. The number of hydrogen-bond acceptors (Lipinski definition) is 4. The quantitative estimate of drug-likeness (QED) is 0.736. The lowest BCUT2D eigenvalue weighted by Gasteiger charge is -2.15. The maximum atomic E-state index is 9.69. The van der Waals surface area contributed by atoms with Crippen LogP contribution in [0.15, 0.2) is 18.2 Å². The minimum Gasteiger partial charge on any atom is -0.497 e. The zero-order valence-electron chi connectivity index (χ0n) is 12.2. The van der Waals surface area contributed by atoms with Gasteiger partial charge in [-0.2, -0.15) is 0 Å². The zero-order chi connectivity index (χ0) is 14.3. The van der Waals surface area contributed by atoms with Gasteiger partial charge in [0, 0.05) is 18.2 Å². The lowest BCUT2D eigenvalue weighted by molar-refractivity contribution is 0.0805. The van der Waals surface area contributed by atoms with Crippen LogP contribution in [0.1, 0.15) is 32.4 Å². The standard InChI is InChI=1S/C15H24O4/c1-11(2)10-18-7-8-19-15-9-13(17-4)5-6-14(15)12(3)16/h5-6,9,11-12,16H,7-8,10H2,1-4H3/t12-/m0/s1. The Kier molecular flexibility index (Phi) is 6.67. The molecule has 0 amide bonds. The number of ether oxygens (including phenoxy) is 3. The highest BCUT2D eigenvalue weighted by Gasteiger charge is 2.10. The van der Waals surface area contributed by atoms with Crippen LogP contribution in [0.2, 0.25) is 0 Å². The Morgan fingerprint density at radius 2 is 1.89 bits per heavy atom. The monoisotopic (exact) mass is 268 g/mol. The predicted octanol–water partition coefficient (Wildman–Crippen LogP) is 2.80. The van der Waals surface area contributed by atoms with Crippen molar-refractivity contribution in [1.29, 1.82) is 0 Å². The van der Waals surface area contributed by atoms with Crippen LogP contribution >= 0.6 is 0 Å². The molecule has 1 aromatic rings. The molecule has 1 aromatic carbocycles. The van der Waals surface area contributed by atoms with E-state index in [1.165, 1.54) is 0 Å². The molecular weight excluding hydrogens is 244 g/mol. The average Bonchev–Trinajstić information content (AvgIpc) is 2.37. The highest BCUT2D eigenvalue weighted by Crippen LogP contribution is 2.29. The Morgan fingerprint density at radius 3 is 2.47 bits per heavy atom. The van der Waals surface area contributed by atoms with Gasteiger partial charge in [0.1, 0.15) is 18.1 Å². The Labute approximate surface area is 115 Å². The fourth-order valence-corrected chi connectivity index (χ4v) is 1.64. The van der Waals surface area contributed by atoms with Gasteiger partial charge in [-0.05, 0) is 25.0 Å². The van der Waals surface area contributed by atoms with Gasteiger partial charge in [-0.25, -0.2) is 0 Å². The van der Waals surface area contributed by atoms with Gasteiger partial charge < -0.3 is 19.3 Å². The first kappa shape index (κ1) is 15.8. The van der Waals surface area contributed by atoms with E-state index in [1.54, 1.807) is 20.1 Å². The minimum absolute atomic E-state index is 0.458. The average molecular weight is 268 g/mol. The van der Waals surface area contributed by atoms with Crippen LogP contribution in [0.4, 0.5) is 0 Å². The van der Waals surface area contributed by atoms with E-state index in [2.05, 4.69) is 13.8 Å². The topological polar surface area (TPSA) is 47.9 Å². The van der Waals surface area contributed by atoms with Crippen molar-refractivity contribution >= 4 is 0 Å². The second kappa shape index (κ2) is 8.02. The van der Waals surface area contributed by atoms with Crippen molar-refractivity contribution in [3.05, 3.63) is 23.8 Å². The summed E-state index contributed by atoms with van der Waals surface area (Å²) in [4.78, 5) is 0. The van der Waals surface area contributed by atoms with Crippen LogP contribution < -0.4 is 9.47 Å². The molecule has 0 aromatic heterocycles. The number of methoxy groups -OCH3 is 1. The van der Waals surface area contributed by atoms with E-state index in [1.807, 2.05) is 12.1 Å². The molecule has 0 fully saturated rings. The number of benzene rings is 1. The third kappa shape index (κ3) is 5.49. The lowest BCUT2D eigenvalue weighted by atomic mass is 10.1. The van der Waals surface area contributed by atoms with E-state index in [4.69, 9.17) is 14.2 Å². The van der Waals surface area contributed by atoms with E-state index in [9.17, 15) is 5.11 Å². The van der Waals surface area contributed by atoms with Gasteiger partial charge in [-0.3, -0.25) is 0 Å². The smallest absolute Gasteiger partial charge is 0.128 e. The lowest BCUT2D eigenvalue weighted by Crippen LogP contribution is -2.11. The second-order valence-corrected chi connectivity index (χ2v) is 4.90. The first-order chi connectivity index (χ1) is 9.04. The van der Waals surface area contributed by atoms with Crippen LogP contribution in [-0.4, -0.2) is 32.0 Å². The highest BCUT2D eigenvalue weighted by molar-refractivity contribution is 5.41. The molecule has 0 spiro atoms. The fourth-order valence-electron chi connectivity index (χ4n) is 1.64. The molecule has 108 valence electrons. The van der Waals surface area contributed by atoms with Gasteiger partial charge in [0.25, 0.3) is 0 Å². The number of aliphatic hydroxyl groups excluding tert-OH is 1. The maximum absolute atomic E-state index is 9.69. The molecule has 1 rings (SSSR count). The van der Waals surface area contributed by atoms with E-state index >= 15 is 0 Å². The summed E-state index contributed by atoms with van der Waals surface area (Å²) in [6.07, 6.45) is -0.572. The molecular formula is C15H24O4. The van der Waals surface area contributed by atoms with Crippen molar-refractivity contribution in [1.82, 2.24) is 0 Å². The molecule has 0 aliphatic rings. The van der Waals surface area contributed by atoms with Crippen LogP contribution in [0.3, 0.4) is 0 Å². The van der Waals surface area contributed by atoms with Crippen LogP contribution in [0.25, 0.3) is 0 Å². The SMILES string of the molecule is COc1ccc([C@H](C)O)c(OCCOCC(C)C)c1. The maximum Gasteiger partial charge on any atom is 0.128 e. The third-order valence-electron chi connectivity index (χ3n) is 2.61. The van der Waals surface area contributed by atoms with Gasteiger partial charge in [0.2, 0.25) is 0 Å². The summed E-state index contributed by atoms with van der Waals surface area (Å²) in [5.41, 5.74) is 0.754. The number of aliphatic hydroxyl groups is 1. The predicted molar refractivity (Wildman–Crippen MR) is 74.8 cm³/mol. The molecule has 0 saturated carbocycles. The van der Waals surface area contributed by atoms with E-state index < -0.39 is 6.10 Å². The van der Waals surface area contributed by atoms with E-state index in [0.717, 1.165) is 12.2 Å². The summed E-state index contributed by atoms with van der Waals surface area (Å²) in [5.74, 6) is 1.87. The molecule has 19 heavy (non-hydrogen) atoms. The third-order valence-corrected chi connectivity index (χ3v) is 2.61. The molecule has 0 saturated heterocycles. The van der Waals surface area contributed by atoms with Crippen molar-refractivity contribution in [2.75, 3.05) is 26.9 Å². The Bertz CT molecular complexity index is 374. The molecule has 0 aliphatic carbocycles. The van der Waals surface area contributed by atoms with Crippen molar-refractivity contribution < 1.29 is 19.3 Å². The number of hydrogen-bond donors (Lipinski definition) is 1. The highest BCUT2D eigenvalue weighted by atomic mass is 16.5. The van der Waals surface area contributed by atoms with Crippen LogP contribution in [0.5, 0.6) is 11.5 Å². The Balaban J connectivity index is 2.55. The Morgan fingerprint density at radius 1 is 1.16 bits per heavy atom. The largest absolute Gasteiger partial charge is 0.497 e. The van der Waals surface area contributed by atoms with Crippen molar-refractivity contribution in [2.45, 2.75) is 26.9 Å². The molecule has 0 unspecified atom stereocenters.